The van der Waals surface area contributed by atoms with Gasteiger partial charge in [-0.1, -0.05) is 40.0 Å². The highest BCUT2D eigenvalue weighted by Crippen LogP contribution is 2.28. The molecule has 0 aromatic rings. The summed E-state index contributed by atoms with van der Waals surface area (Å²) >= 11 is 0. The molecule has 0 aromatic heterocycles. The lowest BCUT2D eigenvalue weighted by molar-refractivity contribution is 0.188. The summed E-state index contributed by atoms with van der Waals surface area (Å²) < 4.78 is 13.2. The fourth-order valence-electron chi connectivity index (χ4n) is 2.09. The zero-order valence-electron chi connectivity index (χ0n) is 9.93. The van der Waals surface area contributed by atoms with Gasteiger partial charge in [-0.2, -0.15) is 0 Å². The molecule has 1 rings (SSSR count). The SMILES string of the molecule is CC.CCC(F)[C@H](N)C1CCCCC1. The second-order valence-corrected chi connectivity index (χ2v) is 3.90. The molecule has 1 unspecified atom stereocenters. The second kappa shape index (κ2) is 8.22. The average Bonchev–Trinajstić information content (AvgIpc) is 2.31. The van der Waals surface area contributed by atoms with E-state index in [9.17, 15) is 4.39 Å². The summed E-state index contributed by atoms with van der Waals surface area (Å²) in [6, 6.07) is -0.199. The first-order chi connectivity index (χ1) is 6.75. The maximum absolute atomic E-state index is 13.2. The molecule has 86 valence electrons. The highest BCUT2D eigenvalue weighted by atomic mass is 19.1. The fourth-order valence-corrected chi connectivity index (χ4v) is 2.09. The van der Waals surface area contributed by atoms with Gasteiger partial charge in [-0.15, -0.1) is 0 Å². The number of nitrogens with two attached hydrogens (primary N) is 1. The highest BCUT2D eigenvalue weighted by molar-refractivity contribution is 4.81. The van der Waals surface area contributed by atoms with Gasteiger partial charge in [0.1, 0.15) is 6.17 Å². The topological polar surface area (TPSA) is 26.0 Å². The van der Waals surface area contributed by atoms with E-state index in [-0.39, 0.29) is 6.04 Å². The average molecular weight is 203 g/mol. The highest BCUT2D eigenvalue weighted by Gasteiger charge is 2.26. The molecule has 0 saturated heterocycles. The first-order valence-corrected chi connectivity index (χ1v) is 6.15. The Morgan fingerprint density at radius 3 is 2.14 bits per heavy atom. The Balaban J connectivity index is 0.000000791. The van der Waals surface area contributed by atoms with Crippen LogP contribution >= 0.6 is 0 Å². The van der Waals surface area contributed by atoms with E-state index >= 15 is 0 Å². The summed E-state index contributed by atoms with van der Waals surface area (Å²) in [5, 5.41) is 0. The first-order valence-electron chi connectivity index (χ1n) is 6.15. The van der Waals surface area contributed by atoms with Crippen LogP contribution < -0.4 is 5.73 Å². The predicted octanol–water partition coefficient (Wildman–Crippen LogP) is 3.67. The van der Waals surface area contributed by atoms with E-state index in [4.69, 9.17) is 5.73 Å². The molecule has 0 aromatic carbocycles. The number of rotatable bonds is 3. The second-order valence-electron chi connectivity index (χ2n) is 3.90. The zero-order valence-corrected chi connectivity index (χ0v) is 9.93. The van der Waals surface area contributed by atoms with E-state index in [0.29, 0.717) is 12.3 Å². The molecular formula is C12H26FN. The van der Waals surface area contributed by atoms with Gasteiger partial charge in [0.15, 0.2) is 0 Å². The van der Waals surface area contributed by atoms with E-state index in [2.05, 4.69) is 0 Å². The summed E-state index contributed by atoms with van der Waals surface area (Å²) in [6.07, 6.45) is 5.87. The lowest BCUT2D eigenvalue weighted by Crippen LogP contribution is -2.39. The van der Waals surface area contributed by atoms with Crippen molar-refractivity contribution in [2.24, 2.45) is 11.7 Å². The van der Waals surface area contributed by atoms with Crippen LogP contribution in [0.25, 0.3) is 0 Å². The zero-order chi connectivity index (χ0) is 11.0. The van der Waals surface area contributed by atoms with Gasteiger partial charge in [0.05, 0.1) is 0 Å². The Hall–Kier alpha value is -0.110. The molecule has 0 spiro atoms. The monoisotopic (exact) mass is 203 g/mol. The summed E-state index contributed by atoms with van der Waals surface area (Å²) in [5.41, 5.74) is 5.83. The molecule has 2 atom stereocenters. The van der Waals surface area contributed by atoms with E-state index in [0.717, 1.165) is 12.8 Å². The molecule has 2 N–H and O–H groups in total. The van der Waals surface area contributed by atoms with Gasteiger partial charge in [-0.25, -0.2) is 4.39 Å². The van der Waals surface area contributed by atoms with Gasteiger partial charge in [-0.3, -0.25) is 0 Å². The van der Waals surface area contributed by atoms with Crippen molar-refractivity contribution >= 4 is 0 Å². The minimum absolute atomic E-state index is 0.199. The Morgan fingerprint density at radius 2 is 1.71 bits per heavy atom. The van der Waals surface area contributed by atoms with Crippen LogP contribution in [0.5, 0.6) is 0 Å². The smallest absolute Gasteiger partial charge is 0.115 e. The molecule has 0 heterocycles. The molecule has 0 amide bonds. The third-order valence-corrected chi connectivity index (χ3v) is 3.00. The van der Waals surface area contributed by atoms with E-state index in [1.54, 1.807) is 0 Å². The summed E-state index contributed by atoms with van der Waals surface area (Å²) in [6.45, 7) is 5.87. The van der Waals surface area contributed by atoms with Gasteiger partial charge < -0.3 is 5.73 Å². The molecule has 1 aliphatic carbocycles. The van der Waals surface area contributed by atoms with Crippen molar-refractivity contribution in [2.75, 3.05) is 0 Å². The summed E-state index contributed by atoms with van der Waals surface area (Å²) in [4.78, 5) is 0. The van der Waals surface area contributed by atoms with Gasteiger partial charge in [-0.05, 0) is 25.2 Å². The van der Waals surface area contributed by atoms with Crippen molar-refractivity contribution in [3.63, 3.8) is 0 Å². The Morgan fingerprint density at radius 1 is 1.21 bits per heavy atom. The number of hydrogen-bond acceptors (Lipinski definition) is 1. The quantitative estimate of drug-likeness (QED) is 0.744. The van der Waals surface area contributed by atoms with Crippen molar-refractivity contribution in [2.45, 2.75) is 71.5 Å². The van der Waals surface area contributed by atoms with Crippen molar-refractivity contribution in [1.29, 1.82) is 0 Å². The number of alkyl halides is 1. The maximum atomic E-state index is 13.2. The minimum Gasteiger partial charge on any atom is -0.325 e. The molecule has 0 radical (unpaired) electrons. The van der Waals surface area contributed by atoms with Gasteiger partial charge in [0.25, 0.3) is 0 Å². The molecule has 1 aliphatic rings. The molecule has 14 heavy (non-hydrogen) atoms. The van der Waals surface area contributed by atoms with Crippen molar-refractivity contribution < 1.29 is 4.39 Å². The maximum Gasteiger partial charge on any atom is 0.115 e. The lowest BCUT2D eigenvalue weighted by Gasteiger charge is -2.29. The van der Waals surface area contributed by atoms with E-state index in [1.165, 1.54) is 19.3 Å². The van der Waals surface area contributed by atoms with Gasteiger partial charge in [0, 0.05) is 6.04 Å². The van der Waals surface area contributed by atoms with Crippen molar-refractivity contribution in [3.05, 3.63) is 0 Å². The molecule has 1 fully saturated rings. The van der Waals surface area contributed by atoms with E-state index in [1.807, 2.05) is 20.8 Å². The normalized spacial score (nSPS) is 22.1. The van der Waals surface area contributed by atoms with Crippen LogP contribution in [0.4, 0.5) is 4.39 Å². The Kier molecular flexibility index (Phi) is 8.15. The van der Waals surface area contributed by atoms with Crippen LogP contribution in [0.15, 0.2) is 0 Å². The number of hydrogen-bond donors (Lipinski definition) is 1. The van der Waals surface area contributed by atoms with Gasteiger partial charge in [0.2, 0.25) is 0 Å². The Bertz CT molecular complexity index is 121. The largest absolute Gasteiger partial charge is 0.325 e. The van der Waals surface area contributed by atoms with E-state index < -0.39 is 6.17 Å². The number of halogens is 1. The van der Waals surface area contributed by atoms with Gasteiger partial charge >= 0.3 is 0 Å². The summed E-state index contributed by atoms with van der Waals surface area (Å²) in [7, 11) is 0. The third kappa shape index (κ3) is 4.41. The molecule has 0 aliphatic heterocycles. The van der Waals surface area contributed by atoms with Crippen LogP contribution in [0.1, 0.15) is 59.3 Å². The molecule has 2 heteroatoms. The predicted molar refractivity (Wildman–Crippen MR) is 61.1 cm³/mol. The van der Waals surface area contributed by atoms with Crippen LogP contribution in [0.2, 0.25) is 0 Å². The Labute approximate surface area is 88.3 Å². The van der Waals surface area contributed by atoms with Crippen LogP contribution in [-0.2, 0) is 0 Å². The van der Waals surface area contributed by atoms with Crippen LogP contribution in [0.3, 0.4) is 0 Å². The van der Waals surface area contributed by atoms with Crippen molar-refractivity contribution in [3.8, 4) is 0 Å². The molecule has 1 nitrogen and oxygen atoms in total. The molecule has 0 bridgehead atoms. The lowest BCUT2D eigenvalue weighted by atomic mass is 9.82. The molecular weight excluding hydrogens is 177 g/mol. The fraction of sp³-hybridized carbons (Fsp3) is 1.00. The molecule has 1 saturated carbocycles. The van der Waals surface area contributed by atoms with Crippen LogP contribution in [-0.4, -0.2) is 12.2 Å². The summed E-state index contributed by atoms with van der Waals surface area (Å²) in [5.74, 6) is 0.452. The van der Waals surface area contributed by atoms with Crippen LogP contribution in [0, 0.1) is 5.92 Å². The van der Waals surface area contributed by atoms with Crippen molar-refractivity contribution in [1.82, 2.24) is 0 Å². The third-order valence-electron chi connectivity index (χ3n) is 3.00. The first kappa shape index (κ1) is 13.9. The minimum atomic E-state index is -0.784. The standard InChI is InChI=1S/C10H20FN.C2H6/c1-2-9(11)10(12)8-6-4-3-5-7-8;1-2/h8-10H,2-7,12H2,1H3;1-2H3/t9?,10-;/m1./s1.